The third-order valence-electron chi connectivity index (χ3n) is 6.91. The Morgan fingerprint density at radius 3 is 2.58 bits per heavy atom. The van der Waals surface area contributed by atoms with E-state index in [0.29, 0.717) is 32.8 Å². The molecule has 36 heavy (non-hydrogen) atoms. The van der Waals surface area contributed by atoms with Crippen LogP contribution in [0.5, 0.6) is 5.75 Å². The summed E-state index contributed by atoms with van der Waals surface area (Å²) in [4.78, 5) is 12.9. The second-order valence-corrected chi connectivity index (χ2v) is 9.97. The van der Waals surface area contributed by atoms with Crippen molar-refractivity contribution in [3.63, 3.8) is 0 Å². The fraction of sp³-hybridized carbons (Fsp3) is 0.414. The first-order valence-electron chi connectivity index (χ1n) is 12.5. The molecule has 7 heteroatoms. The Balaban J connectivity index is 1.24. The van der Waals surface area contributed by atoms with Crippen molar-refractivity contribution in [2.75, 3.05) is 26.3 Å². The Kier molecular flexibility index (Phi) is 7.14. The van der Waals surface area contributed by atoms with E-state index in [1.165, 1.54) is 10.3 Å². The molecule has 0 bridgehead atoms. The highest BCUT2D eigenvalue weighted by Gasteiger charge is 2.33. The number of carbonyl (C=O) groups is 1. The summed E-state index contributed by atoms with van der Waals surface area (Å²) in [5.41, 5.74) is 2.16. The van der Waals surface area contributed by atoms with E-state index < -0.39 is 11.9 Å². The summed E-state index contributed by atoms with van der Waals surface area (Å²) in [6, 6.07) is 22.4. The van der Waals surface area contributed by atoms with Crippen LogP contribution >= 0.6 is 0 Å². The van der Waals surface area contributed by atoms with Crippen LogP contribution in [0.3, 0.4) is 0 Å². The van der Waals surface area contributed by atoms with Gasteiger partial charge < -0.3 is 33.7 Å². The van der Waals surface area contributed by atoms with Gasteiger partial charge >= 0.3 is 0 Å². The normalized spacial score (nSPS) is 23.6. The van der Waals surface area contributed by atoms with Gasteiger partial charge in [-0.3, -0.25) is 0 Å². The molecule has 3 atom stereocenters. The molecule has 2 aliphatic heterocycles. The van der Waals surface area contributed by atoms with E-state index in [1.54, 1.807) is 0 Å². The van der Waals surface area contributed by atoms with Gasteiger partial charge in [0.1, 0.15) is 24.6 Å². The van der Waals surface area contributed by atoms with E-state index in [2.05, 4.69) is 30.3 Å². The second kappa shape index (κ2) is 10.5. The van der Waals surface area contributed by atoms with Crippen molar-refractivity contribution in [2.24, 2.45) is 0 Å². The molecule has 2 aliphatic rings. The Morgan fingerprint density at radius 2 is 1.86 bits per heavy atom. The van der Waals surface area contributed by atoms with Crippen LogP contribution in [0, 0.1) is 0 Å². The lowest BCUT2D eigenvalue weighted by molar-refractivity contribution is -0.268. The smallest absolute Gasteiger partial charge is 0.163 e. The van der Waals surface area contributed by atoms with Crippen LogP contribution < -0.4 is 9.84 Å². The lowest BCUT2D eigenvalue weighted by Gasteiger charge is -2.40. The van der Waals surface area contributed by atoms with Crippen LogP contribution in [0.2, 0.25) is 0 Å². The van der Waals surface area contributed by atoms with E-state index in [4.69, 9.17) is 18.9 Å². The SMILES string of the molecule is CC1(C)OCC(COc2ccc(C3CCN(C(=O)[O-])CC3OCc3ccc4ccccc4c3)cc2)O1. The molecule has 0 saturated carbocycles. The third-order valence-corrected chi connectivity index (χ3v) is 6.91. The number of hydrogen-bond donors (Lipinski definition) is 0. The molecule has 0 spiro atoms. The maximum Gasteiger partial charge on any atom is 0.163 e. The molecule has 0 aromatic heterocycles. The van der Waals surface area contributed by atoms with E-state index in [0.717, 1.165) is 22.3 Å². The van der Waals surface area contributed by atoms with Crippen molar-refractivity contribution < 1.29 is 28.8 Å². The molecule has 3 aromatic rings. The number of piperidine rings is 1. The summed E-state index contributed by atoms with van der Waals surface area (Å²) >= 11 is 0. The highest BCUT2D eigenvalue weighted by Crippen LogP contribution is 2.32. The molecule has 2 fully saturated rings. The lowest BCUT2D eigenvalue weighted by Crippen LogP contribution is -2.51. The average molecular weight is 491 g/mol. The van der Waals surface area contributed by atoms with Gasteiger partial charge in [0, 0.05) is 19.0 Å². The van der Waals surface area contributed by atoms with Gasteiger partial charge in [-0.05, 0) is 60.4 Å². The number of fused-ring (bicyclic) bond motifs is 1. The Bertz CT molecular complexity index is 1190. The number of benzene rings is 3. The maximum absolute atomic E-state index is 11.6. The summed E-state index contributed by atoms with van der Waals surface area (Å²) in [5.74, 6) is 0.260. The van der Waals surface area contributed by atoms with Gasteiger partial charge in [0.15, 0.2) is 5.79 Å². The molecule has 0 radical (unpaired) electrons. The van der Waals surface area contributed by atoms with Gasteiger partial charge in [-0.15, -0.1) is 0 Å². The number of carbonyl (C=O) groups excluding carboxylic acids is 1. The van der Waals surface area contributed by atoms with Crippen molar-refractivity contribution in [3.8, 4) is 5.75 Å². The first-order chi connectivity index (χ1) is 17.4. The maximum atomic E-state index is 11.6. The van der Waals surface area contributed by atoms with E-state index >= 15 is 0 Å². The first-order valence-corrected chi connectivity index (χ1v) is 12.5. The highest BCUT2D eigenvalue weighted by molar-refractivity contribution is 5.82. The fourth-order valence-corrected chi connectivity index (χ4v) is 5.01. The quantitative estimate of drug-likeness (QED) is 0.496. The molecule has 1 amide bonds. The predicted molar refractivity (Wildman–Crippen MR) is 134 cm³/mol. The van der Waals surface area contributed by atoms with Gasteiger partial charge in [-0.25, -0.2) is 0 Å². The molecular formula is C29H32NO6-. The minimum atomic E-state index is -1.15. The molecule has 7 nitrogen and oxygen atoms in total. The number of nitrogens with zero attached hydrogens (tertiary/aromatic N) is 1. The molecule has 3 unspecified atom stereocenters. The molecular weight excluding hydrogens is 458 g/mol. The summed E-state index contributed by atoms with van der Waals surface area (Å²) in [6.07, 6.45) is -0.862. The zero-order valence-electron chi connectivity index (χ0n) is 20.7. The summed E-state index contributed by atoms with van der Waals surface area (Å²) in [7, 11) is 0. The standard InChI is InChI=1S/C29H33NO6/c1-29(2)35-19-25(36-29)18-33-24-11-9-22(10-12-24)26-13-14-30(28(31)32)16-27(26)34-17-20-7-8-21-5-3-4-6-23(21)15-20/h3-12,15,25-27H,13-14,16-19H2,1-2H3,(H,31,32)/p-1. The number of rotatable bonds is 7. The van der Waals surface area contributed by atoms with Gasteiger partial charge in [0.2, 0.25) is 0 Å². The Hall–Kier alpha value is -3.13. The van der Waals surface area contributed by atoms with E-state index in [9.17, 15) is 9.90 Å². The van der Waals surface area contributed by atoms with Crippen molar-refractivity contribution in [1.29, 1.82) is 0 Å². The molecule has 0 N–H and O–H groups in total. The largest absolute Gasteiger partial charge is 0.530 e. The number of ether oxygens (including phenoxy) is 4. The minimum Gasteiger partial charge on any atom is -0.530 e. The number of likely N-dealkylation sites (tertiary alicyclic amines) is 1. The molecule has 3 aromatic carbocycles. The van der Waals surface area contributed by atoms with Crippen LogP contribution in [-0.2, 0) is 20.8 Å². The predicted octanol–water partition coefficient (Wildman–Crippen LogP) is 4.09. The monoisotopic (exact) mass is 490 g/mol. The van der Waals surface area contributed by atoms with Crippen molar-refractivity contribution in [1.82, 2.24) is 4.90 Å². The fourth-order valence-electron chi connectivity index (χ4n) is 5.01. The zero-order chi connectivity index (χ0) is 25.1. The summed E-state index contributed by atoms with van der Waals surface area (Å²) in [6.45, 7) is 5.85. The molecule has 5 rings (SSSR count). The second-order valence-electron chi connectivity index (χ2n) is 9.97. The molecule has 190 valence electrons. The first kappa shape index (κ1) is 24.6. The van der Waals surface area contributed by atoms with Gasteiger partial charge in [0.05, 0.1) is 19.3 Å². The van der Waals surface area contributed by atoms with Crippen LogP contribution in [0.15, 0.2) is 66.7 Å². The van der Waals surface area contributed by atoms with Crippen LogP contribution in [0.4, 0.5) is 4.79 Å². The topological polar surface area (TPSA) is 80.3 Å². The number of carboxylic acid groups (broad SMARTS) is 1. The zero-order valence-corrected chi connectivity index (χ0v) is 20.7. The van der Waals surface area contributed by atoms with E-state index in [1.807, 2.05) is 50.2 Å². The van der Waals surface area contributed by atoms with Crippen molar-refractivity contribution in [2.45, 2.75) is 50.8 Å². The van der Waals surface area contributed by atoms with Crippen molar-refractivity contribution in [3.05, 3.63) is 77.9 Å². The Labute approximate surface area is 211 Å². The molecule has 0 aliphatic carbocycles. The summed E-state index contributed by atoms with van der Waals surface area (Å²) in [5, 5.41) is 13.9. The van der Waals surface area contributed by atoms with Gasteiger partial charge in [-0.2, -0.15) is 0 Å². The van der Waals surface area contributed by atoms with Crippen molar-refractivity contribution >= 4 is 16.9 Å². The molecule has 2 saturated heterocycles. The average Bonchev–Trinajstić information content (AvgIpc) is 3.24. The highest BCUT2D eigenvalue weighted by atomic mass is 16.7. The van der Waals surface area contributed by atoms with E-state index in [-0.39, 0.29) is 24.7 Å². The van der Waals surface area contributed by atoms with Crippen LogP contribution in [0.1, 0.15) is 37.3 Å². The number of amides is 1. The summed E-state index contributed by atoms with van der Waals surface area (Å²) < 4.78 is 23.6. The third kappa shape index (κ3) is 5.81. The minimum absolute atomic E-state index is 0.0717. The Morgan fingerprint density at radius 1 is 1.08 bits per heavy atom. The van der Waals surface area contributed by atoms with Crippen LogP contribution in [0.25, 0.3) is 10.8 Å². The van der Waals surface area contributed by atoms with Crippen LogP contribution in [-0.4, -0.2) is 55.3 Å². The van der Waals surface area contributed by atoms with Gasteiger partial charge in [-0.1, -0.05) is 48.5 Å². The number of hydrogen-bond acceptors (Lipinski definition) is 6. The lowest BCUT2D eigenvalue weighted by atomic mass is 9.87. The van der Waals surface area contributed by atoms with Gasteiger partial charge in [0.25, 0.3) is 0 Å². The molecule has 2 heterocycles.